The lowest BCUT2D eigenvalue weighted by Crippen LogP contribution is -2.07. The van der Waals surface area contributed by atoms with E-state index >= 15 is 0 Å². The number of hydrogen-bond donors (Lipinski definition) is 0. The fraction of sp³-hybridized carbons (Fsp3) is 0.632. The Morgan fingerprint density at radius 1 is 0.870 bits per heavy atom. The second-order valence-electron chi connectivity index (χ2n) is 5.49. The maximum absolute atomic E-state index is 11.9. The van der Waals surface area contributed by atoms with Gasteiger partial charge in [0.05, 0.1) is 25.4 Å². The Morgan fingerprint density at radius 2 is 1.48 bits per heavy atom. The number of rotatable bonds is 12. The average Bonchev–Trinajstić information content (AvgIpc) is 2.56. The van der Waals surface area contributed by atoms with Crippen LogP contribution in [0.2, 0.25) is 0 Å². The molecule has 0 N–H and O–H groups in total. The molecule has 0 aliphatic heterocycles. The van der Waals surface area contributed by atoms with Crippen LogP contribution in [0.15, 0.2) is 18.2 Å². The molecule has 0 bridgehead atoms. The van der Waals surface area contributed by atoms with Gasteiger partial charge in [0.25, 0.3) is 0 Å². The van der Waals surface area contributed by atoms with Crippen molar-refractivity contribution in [3.63, 3.8) is 0 Å². The Labute approximate surface area is 140 Å². The number of benzene rings is 1. The van der Waals surface area contributed by atoms with E-state index in [1.165, 1.54) is 0 Å². The lowest BCUT2D eigenvalue weighted by molar-refractivity contribution is 0.0525. The molecule has 0 spiro atoms. The maximum Gasteiger partial charge on any atom is 0.338 e. The number of esters is 1. The molecule has 0 saturated heterocycles. The minimum atomic E-state index is -0.330. The summed E-state index contributed by atoms with van der Waals surface area (Å²) < 4.78 is 16.7. The van der Waals surface area contributed by atoms with Gasteiger partial charge < -0.3 is 14.2 Å². The molecule has 0 radical (unpaired) electrons. The van der Waals surface area contributed by atoms with Crippen LogP contribution in [0.4, 0.5) is 0 Å². The normalized spacial score (nSPS) is 10.4. The number of unbranched alkanes of at least 4 members (excludes halogenated alkanes) is 4. The van der Waals surface area contributed by atoms with E-state index in [-0.39, 0.29) is 5.97 Å². The lowest BCUT2D eigenvalue weighted by atomic mass is 10.2. The van der Waals surface area contributed by atoms with E-state index in [0.717, 1.165) is 38.5 Å². The topological polar surface area (TPSA) is 44.8 Å². The zero-order valence-corrected chi connectivity index (χ0v) is 14.7. The summed E-state index contributed by atoms with van der Waals surface area (Å²) in [4.78, 5) is 11.9. The SMILES string of the molecule is CCCCCOc1ccc(C(=O)OCC)cc1OCCCCC. The summed E-state index contributed by atoms with van der Waals surface area (Å²) in [5.41, 5.74) is 0.498. The van der Waals surface area contributed by atoms with Crippen LogP contribution in [0, 0.1) is 0 Å². The van der Waals surface area contributed by atoms with Crippen molar-refractivity contribution in [1.82, 2.24) is 0 Å². The molecule has 0 heterocycles. The van der Waals surface area contributed by atoms with Gasteiger partial charge in [-0.2, -0.15) is 0 Å². The third kappa shape index (κ3) is 7.40. The van der Waals surface area contributed by atoms with E-state index in [1.807, 2.05) is 0 Å². The monoisotopic (exact) mass is 322 g/mol. The minimum Gasteiger partial charge on any atom is -0.490 e. The number of carbonyl (C=O) groups is 1. The van der Waals surface area contributed by atoms with Gasteiger partial charge in [0.1, 0.15) is 0 Å². The average molecular weight is 322 g/mol. The molecule has 0 saturated carbocycles. The van der Waals surface area contributed by atoms with Crippen molar-refractivity contribution < 1.29 is 19.0 Å². The van der Waals surface area contributed by atoms with Crippen LogP contribution in [-0.2, 0) is 4.74 Å². The second-order valence-corrected chi connectivity index (χ2v) is 5.49. The molecule has 0 unspecified atom stereocenters. The van der Waals surface area contributed by atoms with Gasteiger partial charge in [-0.25, -0.2) is 4.79 Å². The molecule has 0 aliphatic rings. The second kappa shape index (κ2) is 11.8. The smallest absolute Gasteiger partial charge is 0.338 e. The highest BCUT2D eigenvalue weighted by Gasteiger charge is 2.12. The Bertz CT molecular complexity index is 457. The van der Waals surface area contributed by atoms with Crippen LogP contribution in [-0.4, -0.2) is 25.8 Å². The molecular formula is C19H30O4. The molecule has 0 amide bonds. The summed E-state index contributed by atoms with van der Waals surface area (Å²) in [5.74, 6) is 0.997. The van der Waals surface area contributed by atoms with Crippen LogP contribution < -0.4 is 9.47 Å². The summed E-state index contributed by atoms with van der Waals surface area (Å²) in [7, 11) is 0. The first kappa shape index (κ1) is 19.3. The minimum absolute atomic E-state index is 0.330. The van der Waals surface area contributed by atoms with Gasteiger partial charge in [-0.15, -0.1) is 0 Å². The van der Waals surface area contributed by atoms with Gasteiger partial charge in [-0.3, -0.25) is 0 Å². The van der Waals surface area contributed by atoms with Crippen LogP contribution >= 0.6 is 0 Å². The lowest BCUT2D eigenvalue weighted by Gasteiger charge is -2.14. The molecule has 1 aromatic rings. The molecule has 4 nitrogen and oxygen atoms in total. The number of hydrogen-bond acceptors (Lipinski definition) is 4. The van der Waals surface area contributed by atoms with E-state index in [0.29, 0.717) is 36.9 Å². The predicted molar refractivity (Wildman–Crippen MR) is 92.4 cm³/mol. The fourth-order valence-electron chi connectivity index (χ4n) is 2.15. The van der Waals surface area contributed by atoms with E-state index in [1.54, 1.807) is 25.1 Å². The highest BCUT2D eigenvalue weighted by molar-refractivity contribution is 5.90. The molecule has 0 fully saturated rings. The highest BCUT2D eigenvalue weighted by atomic mass is 16.5. The first-order chi connectivity index (χ1) is 11.2. The van der Waals surface area contributed by atoms with Gasteiger partial charge in [0, 0.05) is 0 Å². The quantitative estimate of drug-likeness (QED) is 0.401. The molecule has 1 aromatic carbocycles. The largest absolute Gasteiger partial charge is 0.490 e. The zero-order valence-electron chi connectivity index (χ0n) is 14.7. The van der Waals surface area contributed by atoms with Crippen molar-refractivity contribution in [2.24, 2.45) is 0 Å². The molecule has 130 valence electrons. The third-order valence-electron chi connectivity index (χ3n) is 3.47. The molecule has 23 heavy (non-hydrogen) atoms. The van der Waals surface area contributed by atoms with Crippen LogP contribution in [0.1, 0.15) is 69.7 Å². The molecule has 1 rings (SSSR count). The van der Waals surface area contributed by atoms with Crippen molar-refractivity contribution in [3.05, 3.63) is 23.8 Å². The van der Waals surface area contributed by atoms with Crippen molar-refractivity contribution >= 4 is 5.97 Å². The fourth-order valence-corrected chi connectivity index (χ4v) is 2.15. The van der Waals surface area contributed by atoms with Crippen molar-refractivity contribution in [3.8, 4) is 11.5 Å². The molecule has 0 aromatic heterocycles. The van der Waals surface area contributed by atoms with Gasteiger partial charge in [-0.1, -0.05) is 39.5 Å². The van der Waals surface area contributed by atoms with E-state index in [2.05, 4.69) is 13.8 Å². The summed E-state index contributed by atoms with van der Waals surface area (Å²) >= 11 is 0. The number of ether oxygens (including phenoxy) is 3. The van der Waals surface area contributed by atoms with Gasteiger partial charge in [-0.05, 0) is 38.0 Å². The standard InChI is InChI=1S/C19H30O4/c1-4-7-9-13-22-17-12-11-16(19(20)21-6-3)15-18(17)23-14-10-8-5-2/h11-12,15H,4-10,13-14H2,1-3H3. The van der Waals surface area contributed by atoms with E-state index in [4.69, 9.17) is 14.2 Å². The molecule has 4 heteroatoms. The molecule has 0 aliphatic carbocycles. The molecule has 0 atom stereocenters. The van der Waals surface area contributed by atoms with Crippen LogP contribution in [0.5, 0.6) is 11.5 Å². The first-order valence-electron chi connectivity index (χ1n) is 8.79. The Hall–Kier alpha value is -1.71. The zero-order chi connectivity index (χ0) is 16.9. The predicted octanol–water partition coefficient (Wildman–Crippen LogP) is 5.00. The Morgan fingerprint density at radius 3 is 2.04 bits per heavy atom. The van der Waals surface area contributed by atoms with E-state index in [9.17, 15) is 4.79 Å². The van der Waals surface area contributed by atoms with E-state index < -0.39 is 0 Å². The Balaban J connectivity index is 2.74. The summed E-state index contributed by atoms with van der Waals surface area (Å²) in [6, 6.07) is 5.25. The summed E-state index contributed by atoms with van der Waals surface area (Å²) in [5, 5.41) is 0. The van der Waals surface area contributed by atoms with Crippen molar-refractivity contribution in [2.75, 3.05) is 19.8 Å². The third-order valence-corrected chi connectivity index (χ3v) is 3.47. The number of carbonyl (C=O) groups excluding carboxylic acids is 1. The summed E-state index contributed by atoms with van der Waals surface area (Å²) in [6.45, 7) is 7.77. The Kier molecular flexibility index (Phi) is 9.92. The van der Waals surface area contributed by atoms with Gasteiger partial charge in [0.15, 0.2) is 11.5 Å². The van der Waals surface area contributed by atoms with Gasteiger partial charge in [0.2, 0.25) is 0 Å². The first-order valence-corrected chi connectivity index (χ1v) is 8.79. The van der Waals surface area contributed by atoms with Gasteiger partial charge >= 0.3 is 5.97 Å². The van der Waals surface area contributed by atoms with Crippen LogP contribution in [0.3, 0.4) is 0 Å². The molecular weight excluding hydrogens is 292 g/mol. The van der Waals surface area contributed by atoms with Crippen LogP contribution in [0.25, 0.3) is 0 Å². The van der Waals surface area contributed by atoms with Crippen molar-refractivity contribution in [1.29, 1.82) is 0 Å². The summed E-state index contributed by atoms with van der Waals surface area (Å²) in [6.07, 6.45) is 6.59. The maximum atomic E-state index is 11.9. The van der Waals surface area contributed by atoms with Crippen molar-refractivity contribution in [2.45, 2.75) is 59.3 Å². The highest BCUT2D eigenvalue weighted by Crippen LogP contribution is 2.29.